The van der Waals surface area contributed by atoms with Crippen LogP contribution < -0.4 is 5.32 Å². The maximum Gasteiger partial charge on any atom is 0.0860 e. The smallest absolute Gasteiger partial charge is 0.0860 e. The molecule has 0 saturated carbocycles. The van der Waals surface area contributed by atoms with E-state index >= 15 is 0 Å². The summed E-state index contributed by atoms with van der Waals surface area (Å²) >= 11 is 6.48. The number of aryl methyl sites for hydroxylation is 2. The number of hydrogen-bond donors (Lipinski definition) is 1. The molecule has 1 aliphatic rings. The monoisotopic (exact) mass is 312 g/mol. The van der Waals surface area contributed by atoms with E-state index in [2.05, 4.69) is 43.0 Å². The molecule has 21 heavy (non-hydrogen) atoms. The van der Waals surface area contributed by atoms with Crippen molar-refractivity contribution in [3.63, 3.8) is 0 Å². The third-order valence-electron chi connectivity index (χ3n) is 4.55. The minimum absolute atomic E-state index is 0.143. The fourth-order valence-electron chi connectivity index (χ4n) is 3.10. The van der Waals surface area contributed by atoms with Gasteiger partial charge in [0.05, 0.1) is 16.4 Å². The molecule has 1 atom stereocenters. The van der Waals surface area contributed by atoms with E-state index in [9.17, 15) is 0 Å². The van der Waals surface area contributed by atoms with Crippen LogP contribution in [0.15, 0.2) is 0 Å². The Morgan fingerprint density at radius 1 is 1.38 bits per heavy atom. The average Bonchev–Trinajstić information content (AvgIpc) is 2.70. The van der Waals surface area contributed by atoms with E-state index in [1.165, 1.54) is 12.8 Å². The molecule has 1 fully saturated rings. The summed E-state index contributed by atoms with van der Waals surface area (Å²) in [5, 5.41) is 9.05. The van der Waals surface area contributed by atoms with Gasteiger partial charge in [-0.05, 0) is 34.1 Å². The van der Waals surface area contributed by atoms with Crippen LogP contribution in [0.2, 0.25) is 5.02 Å². The largest absolute Gasteiger partial charge is 0.311 e. The molecule has 0 spiro atoms. The fraction of sp³-hybridized carbons (Fsp3) is 0.812. The molecule has 1 aliphatic heterocycles. The molecule has 0 aliphatic carbocycles. The zero-order valence-corrected chi connectivity index (χ0v) is 14.8. The van der Waals surface area contributed by atoms with Crippen LogP contribution in [0, 0.1) is 6.92 Å². The van der Waals surface area contributed by atoms with E-state index in [1.807, 2.05) is 11.6 Å². The quantitative estimate of drug-likeness (QED) is 0.906. The van der Waals surface area contributed by atoms with Gasteiger partial charge in [-0.15, -0.1) is 0 Å². The molecule has 1 aromatic heterocycles. The Balaban J connectivity index is 2.19. The van der Waals surface area contributed by atoms with Crippen molar-refractivity contribution in [1.82, 2.24) is 20.0 Å². The lowest BCUT2D eigenvalue weighted by Gasteiger charge is -2.46. The molecule has 1 aromatic rings. The zero-order valence-electron chi connectivity index (χ0n) is 14.0. The van der Waals surface area contributed by atoms with Gasteiger partial charge in [0.25, 0.3) is 0 Å². The van der Waals surface area contributed by atoms with Crippen LogP contribution in [-0.4, -0.2) is 39.4 Å². The van der Waals surface area contributed by atoms with Gasteiger partial charge in [-0.25, -0.2) is 0 Å². The second kappa shape index (κ2) is 6.67. The normalized spacial score (nSPS) is 22.7. The third-order valence-corrected chi connectivity index (χ3v) is 5.04. The highest BCUT2D eigenvalue weighted by Crippen LogP contribution is 2.27. The number of hydrogen-bond acceptors (Lipinski definition) is 3. The number of rotatable bonds is 5. The van der Waals surface area contributed by atoms with Crippen LogP contribution in [0.1, 0.15) is 51.9 Å². The first-order valence-electron chi connectivity index (χ1n) is 8.09. The predicted molar refractivity (Wildman–Crippen MR) is 88.8 cm³/mol. The molecule has 1 unspecified atom stereocenters. The van der Waals surface area contributed by atoms with Gasteiger partial charge >= 0.3 is 0 Å². The van der Waals surface area contributed by atoms with Crippen molar-refractivity contribution in [3.05, 3.63) is 16.4 Å². The molecular weight excluding hydrogens is 284 g/mol. The molecule has 0 amide bonds. The standard InChI is InChI=1S/C16H29ClN4/c1-6-8-13-9-20(16(4,5)11-18-13)10-14-15(17)12(3)19-21(14)7-2/h13,18H,6-11H2,1-5H3. The molecule has 5 heteroatoms. The van der Waals surface area contributed by atoms with Crippen molar-refractivity contribution in [2.24, 2.45) is 0 Å². The van der Waals surface area contributed by atoms with Crippen LogP contribution >= 0.6 is 11.6 Å². The number of nitrogens with one attached hydrogen (secondary N) is 1. The third kappa shape index (κ3) is 3.61. The summed E-state index contributed by atoms with van der Waals surface area (Å²) in [6.45, 7) is 14.8. The number of halogens is 1. The van der Waals surface area contributed by atoms with E-state index in [0.29, 0.717) is 6.04 Å². The topological polar surface area (TPSA) is 33.1 Å². The average molecular weight is 313 g/mol. The SMILES string of the molecule is CCCC1CN(Cc2c(Cl)c(C)nn2CC)C(C)(C)CN1. The highest BCUT2D eigenvalue weighted by molar-refractivity contribution is 6.31. The van der Waals surface area contributed by atoms with Crippen molar-refractivity contribution in [2.75, 3.05) is 13.1 Å². The van der Waals surface area contributed by atoms with Crippen molar-refractivity contribution in [3.8, 4) is 0 Å². The number of aromatic nitrogens is 2. The first kappa shape index (κ1) is 16.8. The Morgan fingerprint density at radius 3 is 2.71 bits per heavy atom. The lowest BCUT2D eigenvalue weighted by atomic mass is 9.95. The van der Waals surface area contributed by atoms with Gasteiger partial charge in [0.2, 0.25) is 0 Å². The Bertz CT molecular complexity index is 481. The van der Waals surface area contributed by atoms with Crippen molar-refractivity contribution >= 4 is 11.6 Å². The molecule has 120 valence electrons. The van der Waals surface area contributed by atoms with Gasteiger partial charge in [0.15, 0.2) is 0 Å². The van der Waals surface area contributed by atoms with Gasteiger partial charge in [-0.1, -0.05) is 24.9 Å². The summed E-state index contributed by atoms with van der Waals surface area (Å²) in [5.41, 5.74) is 2.23. The number of nitrogens with zero attached hydrogens (tertiary/aromatic N) is 3. The Kier molecular flexibility index (Phi) is 5.33. The summed E-state index contributed by atoms with van der Waals surface area (Å²) in [6.07, 6.45) is 2.45. The number of piperazine rings is 1. The second-order valence-corrected chi connectivity index (χ2v) is 7.10. The summed E-state index contributed by atoms with van der Waals surface area (Å²) in [6, 6.07) is 0.584. The predicted octanol–water partition coefficient (Wildman–Crippen LogP) is 3.22. The highest BCUT2D eigenvalue weighted by Gasteiger charge is 2.34. The Labute approximate surface area is 133 Å². The van der Waals surface area contributed by atoms with E-state index in [0.717, 1.165) is 42.6 Å². The molecule has 0 bridgehead atoms. The summed E-state index contributed by atoms with van der Waals surface area (Å²) in [7, 11) is 0. The second-order valence-electron chi connectivity index (χ2n) is 6.72. The minimum Gasteiger partial charge on any atom is -0.311 e. The van der Waals surface area contributed by atoms with Gasteiger partial charge in [-0.3, -0.25) is 9.58 Å². The molecule has 4 nitrogen and oxygen atoms in total. The van der Waals surface area contributed by atoms with E-state index in [4.69, 9.17) is 11.6 Å². The first-order chi connectivity index (χ1) is 9.89. The van der Waals surface area contributed by atoms with E-state index in [1.54, 1.807) is 0 Å². The Morgan fingerprint density at radius 2 is 2.10 bits per heavy atom. The molecule has 0 radical (unpaired) electrons. The van der Waals surface area contributed by atoms with Crippen LogP contribution in [0.25, 0.3) is 0 Å². The highest BCUT2D eigenvalue weighted by atomic mass is 35.5. The lowest BCUT2D eigenvalue weighted by Crippen LogP contribution is -2.61. The van der Waals surface area contributed by atoms with Crippen molar-refractivity contribution in [1.29, 1.82) is 0 Å². The molecule has 0 aromatic carbocycles. The van der Waals surface area contributed by atoms with Crippen molar-refractivity contribution in [2.45, 2.75) is 72.1 Å². The maximum absolute atomic E-state index is 6.48. The summed E-state index contributed by atoms with van der Waals surface area (Å²) in [4.78, 5) is 2.55. The zero-order chi connectivity index (χ0) is 15.6. The van der Waals surface area contributed by atoms with Crippen LogP contribution in [0.4, 0.5) is 0 Å². The summed E-state index contributed by atoms with van der Waals surface area (Å²) < 4.78 is 2.05. The van der Waals surface area contributed by atoms with Crippen molar-refractivity contribution < 1.29 is 0 Å². The van der Waals surface area contributed by atoms with Gasteiger partial charge in [0.1, 0.15) is 0 Å². The van der Waals surface area contributed by atoms with Crippen LogP contribution in [-0.2, 0) is 13.1 Å². The van der Waals surface area contributed by atoms with E-state index in [-0.39, 0.29) is 5.54 Å². The van der Waals surface area contributed by atoms with E-state index < -0.39 is 0 Å². The first-order valence-corrected chi connectivity index (χ1v) is 8.47. The Hall–Kier alpha value is -0.580. The molecular formula is C16H29ClN4. The van der Waals surface area contributed by atoms with Crippen LogP contribution in [0.5, 0.6) is 0 Å². The van der Waals surface area contributed by atoms with Gasteiger partial charge in [-0.2, -0.15) is 5.10 Å². The lowest BCUT2D eigenvalue weighted by molar-refractivity contribution is 0.0539. The molecule has 1 saturated heterocycles. The molecule has 1 N–H and O–H groups in total. The molecule has 2 rings (SSSR count). The maximum atomic E-state index is 6.48. The summed E-state index contributed by atoms with van der Waals surface area (Å²) in [5.74, 6) is 0. The molecule has 2 heterocycles. The minimum atomic E-state index is 0.143. The van der Waals surface area contributed by atoms with Gasteiger partial charge in [0, 0.05) is 37.8 Å². The fourth-order valence-corrected chi connectivity index (χ4v) is 3.30. The van der Waals surface area contributed by atoms with Crippen LogP contribution in [0.3, 0.4) is 0 Å². The van der Waals surface area contributed by atoms with Gasteiger partial charge < -0.3 is 5.32 Å².